The van der Waals surface area contributed by atoms with E-state index in [-0.39, 0.29) is 18.7 Å². The minimum atomic E-state index is -0.892. The van der Waals surface area contributed by atoms with Crippen molar-refractivity contribution in [2.45, 2.75) is 39.5 Å². The molecule has 0 saturated carbocycles. The number of hydrogen-bond donors (Lipinski definition) is 1. The molecule has 2 heterocycles. The van der Waals surface area contributed by atoms with Gasteiger partial charge in [-0.05, 0) is 56.0 Å². The molecule has 166 valence electrons. The Morgan fingerprint density at radius 3 is 2.84 bits per heavy atom. The lowest BCUT2D eigenvalue weighted by Gasteiger charge is -2.17. The van der Waals surface area contributed by atoms with E-state index in [1.807, 2.05) is 50.2 Å². The maximum Gasteiger partial charge on any atom is 0.303 e. The van der Waals surface area contributed by atoms with E-state index < -0.39 is 5.97 Å². The molecule has 1 amide bonds. The first kappa shape index (κ1) is 21.5. The predicted molar refractivity (Wildman–Crippen MR) is 119 cm³/mol. The lowest BCUT2D eigenvalue weighted by atomic mass is 10.0. The number of carbonyl (C=O) groups excluding carboxylic acids is 1. The first-order valence-corrected chi connectivity index (χ1v) is 10.7. The number of hydrogen-bond acceptors (Lipinski definition) is 6. The van der Waals surface area contributed by atoms with Gasteiger partial charge in [0.15, 0.2) is 0 Å². The molecule has 1 aliphatic rings. The summed E-state index contributed by atoms with van der Waals surface area (Å²) in [6, 6.07) is 11.5. The summed E-state index contributed by atoms with van der Waals surface area (Å²) in [6.45, 7) is 5.04. The quantitative estimate of drug-likeness (QED) is 0.564. The average molecular weight is 435 g/mol. The Hall–Kier alpha value is -3.68. The third-order valence-electron chi connectivity index (χ3n) is 5.51. The van der Waals surface area contributed by atoms with Crippen molar-refractivity contribution in [3.8, 4) is 28.6 Å². The smallest absolute Gasteiger partial charge is 0.303 e. The number of fused-ring (bicyclic) bond motifs is 1. The zero-order valence-corrected chi connectivity index (χ0v) is 18.1. The van der Waals surface area contributed by atoms with Crippen LogP contribution in [-0.4, -0.2) is 40.3 Å². The van der Waals surface area contributed by atoms with Gasteiger partial charge in [0, 0.05) is 36.2 Å². The Morgan fingerprint density at radius 1 is 1.22 bits per heavy atom. The number of carbonyl (C=O) groups is 2. The van der Waals surface area contributed by atoms with Gasteiger partial charge in [0.25, 0.3) is 5.89 Å². The van der Waals surface area contributed by atoms with Gasteiger partial charge < -0.3 is 19.3 Å². The van der Waals surface area contributed by atoms with Crippen molar-refractivity contribution in [3.05, 3.63) is 47.5 Å². The molecule has 2 aromatic carbocycles. The number of rotatable bonds is 8. The van der Waals surface area contributed by atoms with Gasteiger partial charge in [-0.15, -0.1) is 0 Å². The molecule has 0 atom stereocenters. The number of aryl methyl sites for hydroxylation is 1. The molecule has 0 fully saturated rings. The highest BCUT2D eigenvalue weighted by Gasteiger charge is 2.28. The summed E-state index contributed by atoms with van der Waals surface area (Å²) in [5.41, 5.74) is 4.45. The molecule has 3 aromatic rings. The molecule has 1 N–H and O–H groups in total. The normalized spacial score (nSPS) is 12.6. The third kappa shape index (κ3) is 4.34. The molecule has 8 heteroatoms. The van der Waals surface area contributed by atoms with Crippen LogP contribution in [0.4, 0.5) is 5.69 Å². The van der Waals surface area contributed by atoms with Crippen LogP contribution in [-0.2, 0) is 16.0 Å². The van der Waals surface area contributed by atoms with E-state index in [0.717, 1.165) is 33.7 Å². The first-order valence-electron chi connectivity index (χ1n) is 10.7. The van der Waals surface area contributed by atoms with Crippen LogP contribution in [0.1, 0.15) is 37.3 Å². The second-order valence-electron chi connectivity index (χ2n) is 7.68. The van der Waals surface area contributed by atoms with Crippen molar-refractivity contribution < 1.29 is 24.0 Å². The minimum absolute atomic E-state index is 0.0118. The first-order chi connectivity index (χ1) is 15.5. The van der Waals surface area contributed by atoms with Crippen molar-refractivity contribution in [3.63, 3.8) is 0 Å². The zero-order valence-electron chi connectivity index (χ0n) is 18.1. The molecule has 0 unspecified atom stereocenters. The van der Waals surface area contributed by atoms with E-state index in [1.54, 1.807) is 4.90 Å². The van der Waals surface area contributed by atoms with Crippen molar-refractivity contribution in [1.82, 2.24) is 10.1 Å². The fraction of sp³-hybridized carbons (Fsp3) is 0.333. The summed E-state index contributed by atoms with van der Waals surface area (Å²) in [4.78, 5) is 29.6. The monoisotopic (exact) mass is 435 g/mol. The van der Waals surface area contributed by atoms with Gasteiger partial charge in [-0.3, -0.25) is 9.59 Å². The summed E-state index contributed by atoms with van der Waals surface area (Å²) in [6.07, 6.45) is 1.20. The molecule has 4 rings (SSSR count). The van der Waals surface area contributed by atoms with E-state index >= 15 is 0 Å². The fourth-order valence-corrected chi connectivity index (χ4v) is 3.92. The van der Waals surface area contributed by atoms with E-state index in [1.165, 1.54) is 0 Å². The Bertz CT molecular complexity index is 1150. The SMILES string of the molecule is CCOc1cc(-c2nc(-c3cccc4c3CCN4C(=O)CCCC(=O)O)no2)ccc1C. The molecule has 0 aliphatic carbocycles. The molecule has 1 aromatic heterocycles. The van der Waals surface area contributed by atoms with Gasteiger partial charge in [0.05, 0.1) is 6.61 Å². The van der Waals surface area contributed by atoms with Gasteiger partial charge >= 0.3 is 5.97 Å². The molecule has 32 heavy (non-hydrogen) atoms. The summed E-state index contributed by atoms with van der Waals surface area (Å²) in [5, 5.41) is 13.0. The minimum Gasteiger partial charge on any atom is -0.494 e. The largest absolute Gasteiger partial charge is 0.494 e. The van der Waals surface area contributed by atoms with Gasteiger partial charge in [-0.25, -0.2) is 0 Å². The standard InChI is InChI=1S/C24H25N3O5/c1-3-31-20-14-16(11-10-15(20)2)24-25-23(26-32-24)18-6-4-7-19-17(18)12-13-27(19)21(28)8-5-9-22(29)30/h4,6-7,10-11,14H,3,5,8-9,12-13H2,1-2H3,(H,29,30). The molecule has 8 nitrogen and oxygen atoms in total. The van der Waals surface area contributed by atoms with Crippen molar-refractivity contribution in [2.75, 3.05) is 18.1 Å². The van der Waals surface area contributed by atoms with Crippen LogP contribution in [0.25, 0.3) is 22.8 Å². The number of carboxylic acids is 1. The van der Waals surface area contributed by atoms with Crippen LogP contribution in [0.5, 0.6) is 5.75 Å². The molecule has 1 aliphatic heterocycles. The van der Waals surface area contributed by atoms with Crippen molar-refractivity contribution >= 4 is 17.6 Å². The van der Waals surface area contributed by atoms with E-state index in [2.05, 4.69) is 10.1 Å². The second kappa shape index (κ2) is 9.21. The lowest BCUT2D eigenvalue weighted by molar-refractivity contribution is -0.137. The van der Waals surface area contributed by atoms with Crippen LogP contribution in [0.3, 0.4) is 0 Å². The fourth-order valence-electron chi connectivity index (χ4n) is 3.92. The van der Waals surface area contributed by atoms with E-state index in [9.17, 15) is 9.59 Å². The Kier molecular flexibility index (Phi) is 6.20. The zero-order chi connectivity index (χ0) is 22.7. The molecule has 0 spiro atoms. The summed E-state index contributed by atoms with van der Waals surface area (Å²) >= 11 is 0. The maximum atomic E-state index is 12.6. The van der Waals surface area contributed by atoms with Crippen molar-refractivity contribution in [1.29, 1.82) is 0 Å². The van der Waals surface area contributed by atoms with Crippen LogP contribution in [0.2, 0.25) is 0 Å². The molecular weight excluding hydrogens is 410 g/mol. The molecule has 0 bridgehead atoms. The highest BCUT2D eigenvalue weighted by Crippen LogP contribution is 2.36. The summed E-state index contributed by atoms with van der Waals surface area (Å²) in [7, 11) is 0. The highest BCUT2D eigenvalue weighted by atomic mass is 16.5. The average Bonchev–Trinajstić information content (AvgIpc) is 3.42. The Morgan fingerprint density at radius 2 is 2.06 bits per heavy atom. The Balaban J connectivity index is 1.58. The number of carboxylic acid groups (broad SMARTS) is 1. The van der Waals surface area contributed by atoms with E-state index in [0.29, 0.717) is 37.7 Å². The van der Waals surface area contributed by atoms with Gasteiger partial charge in [0.2, 0.25) is 11.7 Å². The van der Waals surface area contributed by atoms with Gasteiger partial charge in [-0.1, -0.05) is 23.4 Å². The van der Waals surface area contributed by atoms with Gasteiger partial charge in [-0.2, -0.15) is 4.98 Å². The van der Waals surface area contributed by atoms with Crippen LogP contribution in [0.15, 0.2) is 40.9 Å². The van der Waals surface area contributed by atoms with E-state index in [4.69, 9.17) is 14.4 Å². The number of nitrogens with zero attached hydrogens (tertiary/aromatic N) is 3. The highest BCUT2D eigenvalue weighted by molar-refractivity contribution is 5.97. The number of ether oxygens (including phenoxy) is 1. The van der Waals surface area contributed by atoms with Crippen LogP contribution < -0.4 is 9.64 Å². The third-order valence-corrected chi connectivity index (χ3v) is 5.51. The van der Waals surface area contributed by atoms with Crippen molar-refractivity contribution in [2.24, 2.45) is 0 Å². The molecule has 0 radical (unpaired) electrons. The van der Waals surface area contributed by atoms with Crippen LogP contribution in [0, 0.1) is 6.92 Å². The van der Waals surface area contributed by atoms with Gasteiger partial charge in [0.1, 0.15) is 5.75 Å². The number of aromatic nitrogens is 2. The number of amides is 1. The predicted octanol–water partition coefficient (Wildman–Crippen LogP) is 4.25. The number of benzene rings is 2. The summed E-state index contributed by atoms with van der Waals surface area (Å²) in [5.74, 6) is 0.687. The number of aliphatic carboxylic acids is 1. The Labute approximate surface area is 185 Å². The summed E-state index contributed by atoms with van der Waals surface area (Å²) < 4.78 is 11.2. The molecular formula is C24H25N3O5. The maximum absolute atomic E-state index is 12.6. The second-order valence-corrected chi connectivity index (χ2v) is 7.68. The topological polar surface area (TPSA) is 106 Å². The number of anilines is 1. The van der Waals surface area contributed by atoms with Crippen LogP contribution >= 0.6 is 0 Å². The lowest BCUT2D eigenvalue weighted by Crippen LogP contribution is -2.28. The molecule has 0 saturated heterocycles.